The molecule has 150 valence electrons. The molecule has 1 unspecified atom stereocenters. The summed E-state index contributed by atoms with van der Waals surface area (Å²) in [6, 6.07) is 0. The van der Waals surface area contributed by atoms with Crippen LogP contribution >= 0.6 is 11.3 Å². The lowest BCUT2D eigenvalue weighted by Gasteiger charge is -2.03. The smallest absolute Gasteiger partial charge is 0.277 e. The summed E-state index contributed by atoms with van der Waals surface area (Å²) in [5.74, 6) is 0.388. The first-order valence-corrected chi connectivity index (χ1v) is 11.4. The Hall–Kier alpha value is -2.50. The van der Waals surface area contributed by atoms with Gasteiger partial charge in [0.15, 0.2) is 9.84 Å². The number of nitrogens with one attached hydrogen (secondary N) is 3. The Balaban J connectivity index is 1.63. The highest BCUT2D eigenvalue weighted by molar-refractivity contribution is 7.91. The maximum atomic E-state index is 12.3. The monoisotopic (exact) mass is 423 g/mol. The number of hydrogen-bond donors (Lipinski definition) is 3. The summed E-state index contributed by atoms with van der Waals surface area (Å²) >= 11 is 1.29. The van der Waals surface area contributed by atoms with E-state index in [-0.39, 0.29) is 11.7 Å². The molecule has 0 spiro atoms. The van der Waals surface area contributed by atoms with Crippen LogP contribution in [0.3, 0.4) is 0 Å². The zero-order valence-electron chi connectivity index (χ0n) is 15.5. The molecule has 0 aromatic carbocycles. The van der Waals surface area contributed by atoms with Crippen molar-refractivity contribution in [1.29, 1.82) is 0 Å². The molecule has 2 aliphatic rings. The molecule has 2 aliphatic heterocycles. The predicted molar refractivity (Wildman–Crippen MR) is 108 cm³/mol. The second-order valence-electron chi connectivity index (χ2n) is 6.20. The highest BCUT2D eigenvalue weighted by Crippen LogP contribution is 2.25. The minimum atomic E-state index is -3.42. The number of amides is 1. The number of ether oxygens (including phenoxy) is 1. The summed E-state index contributed by atoms with van der Waals surface area (Å²) in [6.07, 6.45) is 6.63. The molecule has 11 heteroatoms. The quantitative estimate of drug-likeness (QED) is 0.590. The zero-order chi connectivity index (χ0) is 20.3. The summed E-state index contributed by atoms with van der Waals surface area (Å²) < 4.78 is 28.5. The molecular weight excluding hydrogens is 402 g/mol. The number of allylic oxidation sites excluding steroid dienone is 3. The number of hydrogen-bond acceptors (Lipinski definition) is 9. The molecule has 0 radical (unpaired) electrons. The Bertz CT molecular complexity index is 991. The Morgan fingerprint density at radius 2 is 2.32 bits per heavy atom. The molecule has 1 aromatic rings. The van der Waals surface area contributed by atoms with Crippen LogP contribution in [0.15, 0.2) is 40.4 Å². The summed E-state index contributed by atoms with van der Waals surface area (Å²) in [5, 5.41) is 4.69. The molecule has 0 fully saturated rings. The first-order valence-electron chi connectivity index (χ1n) is 8.55. The highest BCUT2D eigenvalue weighted by atomic mass is 32.2. The van der Waals surface area contributed by atoms with Crippen molar-refractivity contribution in [3.63, 3.8) is 0 Å². The van der Waals surface area contributed by atoms with Crippen LogP contribution in [0.2, 0.25) is 0 Å². The minimum absolute atomic E-state index is 0.0195. The standard InChI is InChI=1S/C17H21N5O4S2/c1-4-11-7-8-26-13(11)6-5-10(2)15-18-12(9-27-15)14(23)19-16-20-17(22-21-16)28(3,24)25/h5-6,9,17,22H,2,4,7-8H2,1,3H3,(H2,19,20,21,23)/b6-5-. The van der Waals surface area contributed by atoms with Crippen LogP contribution in [0.25, 0.3) is 5.57 Å². The van der Waals surface area contributed by atoms with Crippen LogP contribution in [0.4, 0.5) is 0 Å². The van der Waals surface area contributed by atoms with E-state index in [4.69, 9.17) is 4.74 Å². The molecule has 9 nitrogen and oxygen atoms in total. The lowest BCUT2D eigenvalue weighted by atomic mass is 10.1. The third-order valence-electron chi connectivity index (χ3n) is 4.08. The van der Waals surface area contributed by atoms with Gasteiger partial charge in [-0.1, -0.05) is 13.5 Å². The van der Waals surface area contributed by atoms with Gasteiger partial charge >= 0.3 is 0 Å². The van der Waals surface area contributed by atoms with E-state index in [2.05, 4.69) is 39.6 Å². The maximum absolute atomic E-state index is 12.3. The van der Waals surface area contributed by atoms with Gasteiger partial charge in [0.1, 0.15) is 16.5 Å². The van der Waals surface area contributed by atoms with Crippen molar-refractivity contribution < 1.29 is 17.9 Å². The normalized spacial score (nSPS) is 19.5. The van der Waals surface area contributed by atoms with E-state index in [1.54, 1.807) is 5.38 Å². The second-order valence-corrected chi connectivity index (χ2v) is 9.16. The predicted octanol–water partition coefficient (Wildman–Crippen LogP) is 1.32. The lowest BCUT2D eigenvalue weighted by Crippen LogP contribution is -2.44. The number of rotatable bonds is 6. The van der Waals surface area contributed by atoms with Gasteiger partial charge in [0.25, 0.3) is 5.91 Å². The third kappa shape index (κ3) is 4.66. The van der Waals surface area contributed by atoms with E-state index >= 15 is 0 Å². The fourth-order valence-electron chi connectivity index (χ4n) is 2.55. The van der Waals surface area contributed by atoms with E-state index < -0.39 is 21.2 Å². The fourth-order valence-corrected chi connectivity index (χ4v) is 3.87. The maximum Gasteiger partial charge on any atom is 0.277 e. The van der Waals surface area contributed by atoms with Crippen LogP contribution in [0.1, 0.15) is 35.3 Å². The largest absolute Gasteiger partial charge is 0.493 e. The number of guanidine groups is 1. The topological polar surface area (TPSA) is 122 Å². The number of carbonyl (C=O) groups is 1. The number of aliphatic imine (C=N–C) groups is 1. The van der Waals surface area contributed by atoms with Crippen molar-refractivity contribution in [2.24, 2.45) is 4.99 Å². The van der Waals surface area contributed by atoms with Crippen molar-refractivity contribution in [1.82, 2.24) is 21.2 Å². The molecule has 1 atom stereocenters. The van der Waals surface area contributed by atoms with Gasteiger partial charge in [-0.3, -0.25) is 15.5 Å². The van der Waals surface area contributed by atoms with Crippen LogP contribution < -0.4 is 16.2 Å². The number of thiazole rings is 1. The van der Waals surface area contributed by atoms with Crippen LogP contribution in [-0.2, 0) is 14.6 Å². The summed E-state index contributed by atoms with van der Waals surface area (Å²) in [7, 11) is -3.42. The Morgan fingerprint density at radius 1 is 1.54 bits per heavy atom. The molecule has 3 rings (SSSR count). The van der Waals surface area contributed by atoms with E-state index in [0.717, 1.165) is 24.9 Å². The third-order valence-corrected chi connectivity index (χ3v) is 6.03. The van der Waals surface area contributed by atoms with E-state index in [9.17, 15) is 13.2 Å². The lowest BCUT2D eigenvalue weighted by molar-refractivity contribution is 0.0971. The molecule has 0 saturated carbocycles. The number of hydrazine groups is 1. The van der Waals surface area contributed by atoms with Crippen LogP contribution in [-0.4, -0.2) is 43.6 Å². The van der Waals surface area contributed by atoms with Crippen LogP contribution in [0.5, 0.6) is 0 Å². The van der Waals surface area contributed by atoms with Gasteiger partial charge in [-0.25, -0.2) is 18.4 Å². The van der Waals surface area contributed by atoms with Gasteiger partial charge in [0.2, 0.25) is 11.5 Å². The Kier molecular flexibility index (Phi) is 5.96. The number of carbonyl (C=O) groups excluding carboxylic acids is 1. The van der Waals surface area contributed by atoms with Crippen molar-refractivity contribution in [3.8, 4) is 0 Å². The fraction of sp³-hybridized carbons (Fsp3) is 0.353. The minimum Gasteiger partial charge on any atom is -0.493 e. The van der Waals surface area contributed by atoms with Gasteiger partial charge in [0.05, 0.1) is 6.61 Å². The molecular formula is C17H21N5O4S2. The summed E-state index contributed by atoms with van der Waals surface area (Å²) in [6.45, 7) is 6.78. The first kappa shape index (κ1) is 20.2. The van der Waals surface area contributed by atoms with Crippen molar-refractivity contribution in [3.05, 3.63) is 46.1 Å². The molecule has 0 bridgehead atoms. The average molecular weight is 424 g/mol. The van der Waals surface area contributed by atoms with Gasteiger partial charge in [-0.15, -0.1) is 11.3 Å². The summed E-state index contributed by atoms with van der Waals surface area (Å²) in [5.41, 5.74) is 5.97. The SMILES string of the molecule is C=C(/C=C\C1=C(CC)CCO1)c1nc(C(=O)NC2=NC(S(C)(=O)=O)NN2)cs1. The van der Waals surface area contributed by atoms with Gasteiger partial charge in [0, 0.05) is 23.6 Å². The average Bonchev–Trinajstić information content (AvgIpc) is 3.38. The molecule has 3 heterocycles. The van der Waals surface area contributed by atoms with Gasteiger partial charge < -0.3 is 4.74 Å². The second kappa shape index (κ2) is 8.25. The first-order chi connectivity index (χ1) is 13.3. The Labute approximate surface area is 167 Å². The van der Waals surface area contributed by atoms with E-state index in [0.29, 0.717) is 17.2 Å². The highest BCUT2D eigenvalue weighted by Gasteiger charge is 2.26. The van der Waals surface area contributed by atoms with Crippen molar-refractivity contribution >= 4 is 38.6 Å². The van der Waals surface area contributed by atoms with E-state index in [1.807, 2.05) is 12.2 Å². The summed E-state index contributed by atoms with van der Waals surface area (Å²) in [4.78, 5) is 20.4. The van der Waals surface area contributed by atoms with E-state index in [1.165, 1.54) is 16.9 Å². The number of sulfone groups is 1. The zero-order valence-corrected chi connectivity index (χ0v) is 17.1. The number of nitrogens with zero attached hydrogens (tertiary/aromatic N) is 2. The van der Waals surface area contributed by atoms with Gasteiger partial charge in [-0.05, 0) is 24.1 Å². The van der Waals surface area contributed by atoms with Crippen molar-refractivity contribution in [2.45, 2.75) is 25.3 Å². The molecule has 0 aliphatic carbocycles. The van der Waals surface area contributed by atoms with Gasteiger partial charge in [-0.2, -0.15) is 5.43 Å². The molecule has 28 heavy (non-hydrogen) atoms. The Morgan fingerprint density at radius 3 is 3.00 bits per heavy atom. The van der Waals surface area contributed by atoms with Crippen LogP contribution in [0, 0.1) is 0 Å². The molecule has 1 aromatic heterocycles. The number of aromatic nitrogens is 1. The van der Waals surface area contributed by atoms with Crippen molar-refractivity contribution in [2.75, 3.05) is 12.9 Å². The molecule has 3 N–H and O–H groups in total. The molecule has 0 saturated heterocycles. The molecule has 1 amide bonds.